The second-order valence-electron chi connectivity index (χ2n) is 5.73. The number of hydrogen-bond acceptors (Lipinski definition) is 8. The second-order valence-corrected chi connectivity index (χ2v) is 7.65. The molecule has 9 heteroatoms. The van der Waals surface area contributed by atoms with Crippen LogP contribution >= 0.6 is 27.3 Å². The molecule has 1 aromatic carbocycles. The molecule has 3 aromatic heterocycles. The van der Waals surface area contributed by atoms with Gasteiger partial charge >= 0.3 is 5.97 Å². The average molecular weight is 457 g/mol. The maximum Gasteiger partial charge on any atom is 0.350 e. The third-order valence-corrected chi connectivity index (χ3v) is 5.44. The topological polar surface area (TPSA) is 91.0 Å². The predicted molar refractivity (Wildman–Crippen MR) is 107 cm³/mol. The van der Waals surface area contributed by atoms with Crippen molar-refractivity contribution in [2.24, 2.45) is 0 Å². The standard InChI is InChI=1S/C19H13BrN4O3S/c1-11-16(28-18(22-11)14-4-2-3-9-21-14)19(25)26-10-15-23-24-17(27-15)12-5-7-13(20)8-6-12/h2-9H,10H2,1H3. The monoisotopic (exact) mass is 456 g/mol. The molecule has 0 unspecified atom stereocenters. The van der Waals surface area contributed by atoms with Gasteiger partial charge in [0.1, 0.15) is 9.88 Å². The van der Waals surface area contributed by atoms with E-state index in [1.165, 1.54) is 11.3 Å². The first-order chi connectivity index (χ1) is 13.6. The summed E-state index contributed by atoms with van der Waals surface area (Å²) in [7, 11) is 0. The van der Waals surface area contributed by atoms with Crippen molar-refractivity contribution in [1.29, 1.82) is 0 Å². The lowest BCUT2D eigenvalue weighted by atomic mass is 10.2. The van der Waals surface area contributed by atoms with Crippen LogP contribution in [0.25, 0.3) is 22.2 Å². The maximum absolute atomic E-state index is 12.4. The average Bonchev–Trinajstić information content (AvgIpc) is 3.34. The maximum atomic E-state index is 12.4. The Morgan fingerprint density at radius 1 is 1.18 bits per heavy atom. The van der Waals surface area contributed by atoms with E-state index in [1.807, 2.05) is 42.5 Å². The number of nitrogens with zero attached hydrogens (tertiary/aromatic N) is 4. The van der Waals surface area contributed by atoms with Crippen molar-refractivity contribution < 1.29 is 13.9 Å². The normalized spacial score (nSPS) is 10.8. The molecular formula is C19H13BrN4O3S. The van der Waals surface area contributed by atoms with E-state index in [-0.39, 0.29) is 12.5 Å². The van der Waals surface area contributed by atoms with Gasteiger partial charge in [-0.2, -0.15) is 0 Å². The lowest BCUT2D eigenvalue weighted by molar-refractivity contribution is 0.0443. The Hall–Kier alpha value is -2.91. The number of carbonyl (C=O) groups excluding carboxylic acids is 1. The molecule has 7 nitrogen and oxygen atoms in total. The molecule has 3 heterocycles. The molecule has 4 rings (SSSR count). The number of esters is 1. The predicted octanol–water partition coefficient (Wildman–Crippen LogP) is 4.68. The highest BCUT2D eigenvalue weighted by atomic mass is 79.9. The number of benzene rings is 1. The molecule has 0 aliphatic rings. The first kappa shape index (κ1) is 18.5. The van der Waals surface area contributed by atoms with E-state index in [0.29, 0.717) is 27.2 Å². The van der Waals surface area contributed by atoms with Crippen LogP contribution in [0.4, 0.5) is 0 Å². The molecule has 0 bridgehead atoms. The van der Waals surface area contributed by atoms with Crippen molar-refractivity contribution in [2.45, 2.75) is 13.5 Å². The van der Waals surface area contributed by atoms with Crippen LogP contribution < -0.4 is 0 Å². The fourth-order valence-corrected chi connectivity index (χ4v) is 3.60. The van der Waals surface area contributed by atoms with E-state index in [9.17, 15) is 4.79 Å². The molecule has 0 spiro atoms. The molecule has 4 aromatic rings. The van der Waals surface area contributed by atoms with Gasteiger partial charge in [-0.05, 0) is 43.3 Å². The SMILES string of the molecule is Cc1nc(-c2ccccn2)sc1C(=O)OCc1nnc(-c2ccc(Br)cc2)o1. The highest BCUT2D eigenvalue weighted by Gasteiger charge is 2.19. The summed E-state index contributed by atoms with van der Waals surface area (Å²) >= 11 is 4.62. The molecule has 0 radical (unpaired) electrons. The lowest BCUT2D eigenvalue weighted by Gasteiger charge is -2.00. The molecule has 140 valence electrons. The van der Waals surface area contributed by atoms with E-state index in [1.54, 1.807) is 13.1 Å². The van der Waals surface area contributed by atoms with Crippen molar-refractivity contribution in [3.05, 3.63) is 69.6 Å². The molecule has 0 aliphatic carbocycles. The number of halogens is 1. The lowest BCUT2D eigenvalue weighted by Crippen LogP contribution is -2.05. The fraction of sp³-hybridized carbons (Fsp3) is 0.105. The van der Waals surface area contributed by atoms with Crippen LogP contribution in [-0.2, 0) is 11.3 Å². The number of rotatable bonds is 5. The van der Waals surface area contributed by atoms with Gasteiger partial charge in [0.05, 0.1) is 11.4 Å². The van der Waals surface area contributed by atoms with Crippen LogP contribution in [0, 0.1) is 6.92 Å². The van der Waals surface area contributed by atoms with Gasteiger partial charge in [-0.25, -0.2) is 9.78 Å². The van der Waals surface area contributed by atoms with Crippen LogP contribution in [0.2, 0.25) is 0 Å². The molecule has 0 saturated heterocycles. The van der Waals surface area contributed by atoms with Gasteiger partial charge in [-0.3, -0.25) is 4.98 Å². The van der Waals surface area contributed by atoms with E-state index in [2.05, 4.69) is 36.1 Å². The van der Waals surface area contributed by atoms with Crippen LogP contribution in [0.1, 0.15) is 21.3 Å². The van der Waals surface area contributed by atoms with E-state index >= 15 is 0 Å². The highest BCUT2D eigenvalue weighted by molar-refractivity contribution is 9.10. The third-order valence-electron chi connectivity index (χ3n) is 3.75. The molecule has 0 N–H and O–H groups in total. The largest absolute Gasteiger partial charge is 0.451 e. The minimum absolute atomic E-state index is 0.112. The minimum Gasteiger partial charge on any atom is -0.451 e. The van der Waals surface area contributed by atoms with E-state index in [0.717, 1.165) is 10.0 Å². The van der Waals surface area contributed by atoms with Crippen LogP contribution in [-0.4, -0.2) is 26.1 Å². The smallest absolute Gasteiger partial charge is 0.350 e. The first-order valence-corrected chi connectivity index (χ1v) is 9.85. The summed E-state index contributed by atoms with van der Waals surface area (Å²) in [6.07, 6.45) is 1.68. The molecule has 0 saturated carbocycles. The second kappa shape index (κ2) is 7.99. The fourth-order valence-electron chi connectivity index (χ4n) is 2.40. The third kappa shape index (κ3) is 4.00. The summed E-state index contributed by atoms with van der Waals surface area (Å²) in [6.45, 7) is 1.65. The van der Waals surface area contributed by atoms with Gasteiger partial charge in [-0.1, -0.05) is 22.0 Å². The van der Waals surface area contributed by atoms with Crippen molar-refractivity contribution in [1.82, 2.24) is 20.2 Å². The zero-order chi connectivity index (χ0) is 19.5. The van der Waals surface area contributed by atoms with Crippen molar-refractivity contribution in [2.75, 3.05) is 0 Å². The minimum atomic E-state index is -0.486. The Balaban J connectivity index is 1.44. The van der Waals surface area contributed by atoms with Gasteiger partial charge in [0, 0.05) is 16.2 Å². The van der Waals surface area contributed by atoms with Gasteiger partial charge in [0.25, 0.3) is 5.89 Å². The van der Waals surface area contributed by atoms with Crippen molar-refractivity contribution in [3.63, 3.8) is 0 Å². The number of pyridine rings is 1. The number of aromatic nitrogens is 4. The van der Waals surface area contributed by atoms with E-state index < -0.39 is 5.97 Å². The Morgan fingerprint density at radius 2 is 2.00 bits per heavy atom. The Kier molecular flexibility index (Phi) is 5.27. The highest BCUT2D eigenvalue weighted by Crippen LogP contribution is 2.27. The summed E-state index contributed by atoms with van der Waals surface area (Å²) in [4.78, 5) is 21.5. The quantitative estimate of drug-likeness (QED) is 0.402. The van der Waals surface area contributed by atoms with Crippen LogP contribution in [0.3, 0.4) is 0 Å². The number of hydrogen-bond donors (Lipinski definition) is 0. The summed E-state index contributed by atoms with van der Waals surface area (Å²) in [5.74, 6) is 0.101. The van der Waals surface area contributed by atoms with Gasteiger partial charge < -0.3 is 9.15 Å². The molecule has 0 fully saturated rings. The summed E-state index contributed by atoms with van der Waals surface area (Å²) in [5.41, 5.74) is 2.09. The molecule has 28 heavy (non-hydrogen) atoms. The zero-order valence-electron chi connectivity index (χ0n) is 14.6. The number of ether oxygens (including phenoxy) is 1. The van der Waals surface area contributed by atoms with Gasteiger partial charge in [0.2, 0.25) is 5.89 Å². The number of thiazole rings is 1. The summed E-state index contributed by atoms with van der Waals surface area (Å²) in [6, 6.07) is 13.0. The summed E-state index contributed by atoms with van der Waals surface area (Å²) < 4.78 is 11.8. The van der Waals surface area contributed by atoms with Crippen LogP contribution in [0.15, 0.2) is 57.6 Å². The number of carbonyl (C=O) groups is 1. The molecule has 0 aliphatic heterocycles. The van der Waals surface area contributed by atoms with E-state index in [4.69, 9.17) is 9.15 Å². The molecular weight excluding hydrogens is 444 g/mol. The van der Waals surface area contributed by atoms with Crippen LogP contribution in [0.5, 0.6) is 0 Å². The van der Waals surface area contributed by atoms with Crippen molar-refractivity contribution in [3.8, 4) is 22.2 Å². The Morgan fingerprint density at radius 3 is 2.75 bits per heavy atom. The van der Waals surface area contributed by atoms with Crippen molar-refractivity contribution >= 4 is 33.2 Å². The Bertz CT molecular complexity index is 1110. The zero-order valence-corrected chi connectivity index (χ0v) is 17.0. The summed E-state index contributed by atoms with van der Waals surface area (Å²) in [5, 5.41) is 8.58. The van der Waals surface area contributed by atoms with Gasteiger partial charge in [0.15, 0.2) is 6.61 Å². The number of aryl methyl sites for hydroxylation is 1. The molecule has 0 amide bonds. The Labute approximate surface area is 172 Å². The van der Waals surface area contributed by atoms with Gasteiger partial charge in [-0.15, -0.1) is 21.5 Å². The first-order valence-electron chi connectivity index (χ1n) is 8.24. The molecule has 0 atom stereocenters.